The van der Waals surface area contributed by atoms with Crippen molar-refractivity contribution in [2.24, 2.45) is 0 Å². The second kappa shape index (κ2) is 8.63. The van der Waals surface area contributed by atoms with E-state index in [9.17, 15) is 0 Å². The Morgan fingerprint density at radius 2 is 1.43 bits per heavy atom. The molecule has 40 heavy (non-hydrogen) atoms. The van der Waals surface area contributed by atoms with Crippen molar-refractivity contribution in [3.8, 4) is 0 Å². The van der Waals surface area contributed by atoms with Gasteiger partial charge in [-0.2, -0.15) is 0 Å². The van der Waals surface area contributed by atoms with Gasteiger partial charge in [-0.1, -0.05) is 123 Å². The average molecular weight is 516 g/mol. The predicted molar refractivity (Wildman–Crippen MR) is 171 cm³/mol. The van der Waals surface area contributed by atoms with Gasteiger partial charge in [-0.15, -0.1) is 0 Å². The van der Waals surface area contributed by atoms with E-state index in [1.165, 1.54) is 56.2 Å². The first-order valence-corrected chi connectivity index (χ1v) is 14.7. The Bertz CT molecular complexity index is 1760. The highest BCUT2D eigenvalue weighted by Gasteiger charge is 2.53. The summed E-state index contributed by atoms with van der Waals surface area (Å²) < 4.78 is 0. The summed E-state index contributed by atoms with van der Waals surface area (Å²) in [7, 11) is 0. The lowest BCUT2D eigenvalue weighted by Crippen LogP contribution is -2.50. The molecule has 0 radical (unpaired) electrons. The Kier molecular flexibility index (Phi) is 5.10. The number of allylic oxidation sites excluding steroid dienone is 4. The monoisotopic (exact) mass is 516 g/mol. The summed E-state index contributed by atoms with van der Waals surface area (Å²) in [4.78, 5) is 5.16. The molecule has 3 heteroatoms. The lowest BCUT2D eigenvalue weighted by atomic mass is 9.27. The number of hydrogen-bond donors (Lipinski definition) is 0. The van der Waals surface area contributed by atoms with Gasteiger partial charge in [0.1, 0.15) is 0 Å². The summed E-state index contributed by atoms with van der Waals surface area (Å²) in [6, 6.07) is 38.3. The first kappa shape index (κ1) is 23.6. The van der Waals surface area contributed by atoms with E-state index in [2.05, 4.69) is 146 Å². The SMILES string of the molecule is CCC1B2C3=C(c4ccccc4C3(C)C)N(c3ccccc3)/C1=C/C=C1\CN(c3ccccc32)c2ccccc21. The van der Waals surface area contributed by atoms with E-state index in [-0.39, 0.29) is 12.1 Å². The van der Waals surface area contributed by atoms with Gasteiger partial charge in [0.25, 0.3) is 0 Å². The molecule has 8 rings (SSSR count). The van der Waals surface area contributed by atoms with Gasteiger partial charge < -0.3 is 9.80 Å². The number of anilines is 3. The molecule has 0 amide bonds. The second-order valence-electron chi connectivity index (χ2n) is 12.0. The first-order valence-electron chi connectivity index (χ1n) is 14.7. The highest BCUT2D eigenvalue weighted by atomic mass is 15.2. The van der Waals surface area contributed by atoms with E-state index in [0.717, 1.165) is 13.0 Å². The summed E-state index contributed by atoms with van der Waals surface area (Å²) >= 11 is 0. The Labute approximate surface area is 238 Å². The minimum atomic E-state index is -0.0935. The summed E-state index contributed by atoms with van der Waals surface area (Å²) in [5.74, 6) is 0.340. The summed E-state index contributed by atoms with van der Waals surface area (Å²) in [6.45, 7) is 8.44. The molecule has 194 valence electrons. The van der Waals surface area contributed by atoms with Crippen molar-refractivity contribution in [1.82, 2.24) is 0 Å². The van der Waals surface area contributed by atoms with Gasteiger partial charge >= 0.3 is 0 Å². The first-order chi connectivity index (χ1) is 19.6. The molecule has 4 aromatic rings. The fraction of sp³-hybridized carbons (Fsp3) is 0.189. The molecule has 2 nitrogen and oxygen atoms in total. The van der Waals surface area contributed by atoms with Gasteiger partial charge in [-0.25, -0.2) is 0 Å². The maximum atomic E-state index is 2.60. The van der Waals surface area contributed by atoms with Crippen LogP contribution in [0.2, 0.25) is 5.82 Å². The molecule has 1 aliphatic carbocycles. The molecule has 0 aromatic heterocycles. The minimum absolute atomic E-state index is 0.0935. The number of benzene rings is 4. The van der Waals surface area contributed by atoms with Crippen molar-refractivity contribution < 1.29 is 0 Å². The molecule has 4 aliphatic rings. The van der Waals surface area contributed by atoms with Crippen LogP contribution in [0.25, 0.3) is 11.3 Å². The lowest BCUT2D eigenvalue weighted by molar-refractivity contribution is 0.658. The maximum absolute atomic E-state index is 2.60. The molecule has 0 N–H and O–H groups in total. The number of nitrogens with zero attached hydrogens (tertiary/aromatic N) is 2. The molecular formula is C37H33BN2. The molecule has 1 atom stereocenters. The average Bonchev–Trinajstić information content (AvgIpc) is 3.47. The van der Waals surface area contributed by atoms with Crippen molar-refractivity contribution in [1.29, 1.82) is 0 Å². The fourth-order valence-corrected chi connectivity index (χ4v) is 8.00. The fourth-order valence-electron chi connectivity index (χ4n) is 8.00. The molecular weight excluding hydrogens is 483 g/mol. The topological polar surface area (TPSA) is 6.48 Å². The zero-order chi connectivity index (χ0) is 27.0. The summed E-state index contributed by atoms with van der Waals surface area (Å²) in [6.07, 6.45) is 5.93. The molecule has 3 aliphatic heterocycles. The zero-order valence-corrected chi connectivity index (χ0v) is 23.4. The third-order valence-electron chi connectivity index (χ3n) is 9.70. The predicted octanol–water partition coefficient (Wildman–Crippen LogP) is 8.36. The molecule has 0 spiro atoms. The van der Waals surface area contributed by atoms with Crippen molar-refractivity contribution in [2.75, 3.05) is 16.3 Å². The molecule has 4 aromatic carbocycles. The van der Waals surface area contributed by atoms with Crippen LogP contribution < -0.4 is 15.3 Å². The van der Waals surface area contributed by atoms with Crippen LogP contribution in [0.1, 0.15) is 43.9 Å². The van der Waals surface area contributed by atoms with E-state index in [1.807, 2.05) is 0 Å². The molecule has 0 fully saturated rings. The van der Waals surface area contributed by atoms with Crippen molar-refractivity contribution >= 4 is 40.5 Å². The third-order valence-corrected chi connectivity index (χ3v) is 9.70. The van der Waals surface area contributed by atoms with E-state index < -0.39 is 0 Å². The Morgan fingerprint density at radius 1 is 0.750 bits per heavy atom. The molecule has 1 unspecified atom stereocenters. The Morgan fingerprint density at radius 3 is 2.23 bits per heavy atom. The molecule has 4 bridgehead atoms. The van der Waals surface area contributed by atoms with Crippen molar-refractivity contribution in [3.63, 3.8) is 0 Å². The lowest BCUT2D eigenvalue weighted by Gasteiger charge is -2.45. The highest BCUT2D eigenvalue weighted by Crippen LogP contribution is 2.57. The van der Waals surface area contributed by atoms with Crippen molar-refractivity contribution in [3.05, 3.63) is 143 Å². The number of fused-ring (bicyclic) bond motifs is 13. The van der Waals surface area contributed by atoms with E-state index in [4.69, 9.17) is 0 Å². The highest BCUT2D eigenvalue weighted by molar-refractivity contribution is 6.85. The number of para-hydroxylation sites is 3. The zero-order valence-electron chi connectivity index (χ0n) is 23.4. The van der Waals surface area contributed by atoms with Gasteiger partial charge in [0, 0.05) is 51.5 Å². The maximum Gasteiger partial charge on any atom is 0.219 e. The van der Waals surface area contributed by atoms with Crippen molar-refractivity contribution in [2.45, 2.75) is 38.4 Å². The summed E-state index contributed by atoms with van der Waals surface area (Å²) in [5.41, 5.74) is 15.1. The van der Waals surface area contributed by atoms with Crippen LogP contribution in [-0.4, -0.2) is 13.3 Å². The normalized spacial score (nSPS) is 22.5. The minimum Gasteiger partial charge on any atom is -0.337 e. The smallest absolute Gasteiger partial charge is 0.219 e. The number of rotatable bonds is 2. The Balaban J connectivity index is 1.52. The van der Waals surface area contributed by atoms with Crippen LogP contribution in [0.3, 0.4) is 0 Å². The standard InChI is InChI=1S/C37H33BN2/c1-4-30-34-23-22-25-24-39(32-20-12-9-16-27(25)32)33-21-13-11-19-31(33)38(30)36-35(40(34)26-14-6-5-7-15-26)28-17-8-10-18-29(28)37(36,2)3/h5-23,30H,4,24H2,1-3H3/b25-22+,34-23+. The quantitative estimate of drug-likeness (QED) is 0.247. The van der Waals surface area contributed by atoms with Crippen LogP contribution in [-0.2, 0) is 5.41 Å². The van der Waals surface area contributed by atoms with Gasteiger partial charge in [-0.05, 0) is 47.3 Å². The number of hydrogen-bond acceptors (Lipinski definition) is 2. The van der Waals surface area contributed by atoms with Crippen LogP contribution in [0.4, 0.5) is 17.1 Å². The van der Waals surface area contributed by atoms with E-state index in [0.29, 0.717) is 5.82 Å². The van der Waals surface area contributed by atoms with E-state index in [1.54, 1.807) is 5.47 Å². The molecule has 0 saturated carbocycles. The van der Waals surface area contributed by atoms with Gasteiger partial charge in [-0.3, -0.25) is 0 Å². The van der Waals surface area contributed by atoms with Crippen LogP contribution in [0.5, 0.6) is 0 Å². The largest absolute Gasteiger partial charge is 0.337 e. The van der Waals surface area contributed by atoms with Gasteiger partial charge in [0.2, 0.25) is 6.71 Å². The molecule has 0 saturated heterocycles. The third kappa shape index (κ3) is 3.12. The van der Waals surface area contributed by atoms with Gasteiger partial charge in [0.15, 0.2) is 0 Å². The molecule has 3 heterocycles. The van der Waals surface area contributed by atoms with Crippen LogP contribution in [0, 0.1) is 0 Å². The Hall–Kier alpha value is -4.24. The van der Waals surface area contributed by atoms with Crippen LogP contribution in [0.15, 0.2) is 126 Å². The van der Waals surface area contributed by atoms with E-state index >= 15 is 0 Å². The van der Waals surface area contributed by atoms with Gasteiger partial charge in [0.05, 0.1) is 0 Å². The van der Waals surface area contributed by atoms with Crippen LogP contribution >= 0.6 is 0 Å². The second-order valence-corrected chi connectivity index (χ2v) is 12.0. The summed E-state index contributed by atoms with van der Waals surface area (Å²) in [5, 5.41) is 0.